The summed E-state index contributed by atoms with van der Waals surface area (Å²) >= 11 is 0. The number of fused-ring (bicyclic) bond motifs is 1. The second-order valence-electron chi connectivity index (χ2n) is 6.53. The number of carbonyl (C=O) groups excluding carboxylic acids is 1. The first kappa shape index (κ1) is 17.2. The summed E-state index contributed by atoms with van der Waals surface area (Å²) in [6.45, 7) is 3.10. The number of amides is 1. The van der Waals surface area contributed by atoms with E-state index in [1.807, 2.05) is 34.7 Å². The molecule has 0 fully saturated rings. The van der Waals surface area contributed by atoms with E-state index in [0.717, 1.165) is 17.2 Å². The van der Waals surface area contributed by atoms with Crippen molar-refractivity contribution in [2.75, 3.05) is 13.7 Å². The van der Waals surface area contributed by atoms with Crippen molar-refractivity contribution in [1.29, 1.82) is 0 Å². The van der Waals surface area contributed by atoms with E-state index in [4.69, 9.17) is 4.74 Å². The van der Waals surface area contributed by atoms with Crippen LogP contribution in [0, 0.1) is 6.92 Å². The maximum Gasteiger partial charge on any atom is 0.256 e. The minimum absolute atomic E-state index is 0.0574. The Bertz CT molecular complexity index is 937. The lowest BCUT2D eigenvalue weighted by atomic mass is 10.0. The molecule has 0 aliphatic carbocycles. The van der Waals surface area contributed by atoms with Crippen LogP contribution in [0.3, 0.4) is 0 Å². The normalized spacial score (nSPS) is 16.1. The van der Waals surface area contributed by atoms with Crippen LogP contribution >= 0.6 is 0 Å². The smallest absolute Gasteiger partial charge is 0.256 e. The third-order valence-corrected chi connectivity index (χ3v) is 4.76. The third-order valence-electron chi connectivity index (χ3n) is 4.76. The number of pyridine rings is 1. The molecule has 7 nitrogen and oxygen atoms in total. The fourth-order valence-corrected chi connectivity index (χ4v) is 3.46. The van der Waals surface area contributed by atoms with E-state index in [1.54, 1.807) is 25.4 Å². The van der Waals surface area contributed by atoms with Crippen LogP contribution in [0.2, 0.25) is 0 Å². The first-order valence-electron chi connectivity index (χ1n) is 8.92. The second-order valence-corrected chi connectivity index (χ2v) is 6.53. The lowest BCUT2D eigenvalue weighted by Gasteiger charge is -2.35. The van der Waals surface area contributed by atoms with Crippen molar-refractivity contribution in [3.63, 3.8) is 0 Å². The molecule has 1 aromatic carbocycles. The summed E-state index contributed by atoms with van der Waals surface area (Å²) < 4.78 is 7.00. The zero-order chi connectivity index (χ0) is 18.8. The number of ether oxygens (including phenoxy) is 1. The average molecular weight is 363 g/mol. The van der Waals surface area contributed by atoms with Crippen LogP contribution in [0.25, 0.3) is 0 Å². The molecule has 0 spiro atoms. The van der Waals surface area contributed by atoms with Crippen LogP contribution in [0.1, 0.15) is 33.6 Å². The molecule has 27 heavy (non-hydrogen) atoms. The van der Waals surface area contributed by atoms with Crippen molar-refractivity contribution in [2.24, 2.45) is 0 Å². The van der Waals surface area contributed by atoms with Gasteiger partial charge in [-0.2, -0.15) is 5.10 Å². The average Bonchev–Trinajstić information content (AvgIpc) is 3.09. The summed E-state index contributed by atoms with van der Waals surface area (Å²) in [6, 6.07) is 13.4. The van der Waals surface area contributed by atoms with Crippen molar-refractivity contribution >= 4 is 5.91 Å². The van der Waals surface area contributed by atoms with Crippen molar-refractivity contribution in [3.05, 3.63) is 71.4 Å². The largest absolute Gasteiger partial charge is 0.481 e. The number of aryl methyl sites for hydroxylation is 1. The molecule has 0 unspecified atom stereocenters. The molecule has 0 saturated heterocycles. The fourth-order valence-electron chi connectivity index (χ4n) is 3.46. The number of nitrogens with zero attached hydrogens (tertiary/aromatic N) is 5. The van der Waals surface area contributed by atoms with E-state index in [2.05, 4.69) is 27.2 Å². The van der Waals surface area contributed by atoms with Gasteiger partial charge >= 0.3 is 0 Å². The Morgan fingerprint density at radius 1 is 1.19 bits per heavy atom. The summed E-state index contributed by atoms with van der Waals surface area (Å²) in [5.74, 6) is 1.99. The van der Waals surface area contributed by atoms with Gasteiger partial charge in [0.1, 0.15) is 11.6 Å². The minimum atomic E-state index is -0.169. The lowest BCUT2D eigenvalue weighted by molar-refractivity contribution is 0.0608. The number of rotatable bonds is 4. The molecule has 2 aromatic heterocycles. The van der Waals surface area contributed by atoms with Gasteiger partial charge in [-0.3, -0.25) is 4.79 Å². The second kappa shape index (κ2) is 7.19. The van der Waals surface area contributed by atoms with Gasteiger partial charge in [0.25, 0.3) is 5.91 Å². The Kier molecular flexibility index (Phi) is 4.58. The van der Waals surface area contributed by atoms with Crippen molar-refractivity contribution in [3.8, 4) is 5.88 Å². The van der Waals surface area contributed by atoms with Crippen LogP contribution in [0.5, 0.6) is 5.88 Å². The van der Waals surface area contributed by atoms with Crippen LogP contribution in [0.4, 0.5) is 0 Å². The summed E-state index contributed by atoms with van der Waals surface area (Å²) in [5, 5.41) is 4.47. The van der Waals surface area contributed by atoms with Gasteiger partial charge in [-0.1, -0.05) is 30.3 Å². The molecule has 0 saturated carbocycles. The molecular formula is C20H21N5O2. The summed E-state index contributed by atoms with van der Waals surface area (Å²) in [5.41, 5.74) is 1.70. The van der Waals surface area contributed by atoms with E-state index in [9.17, 15) is 4.79 Å². The predicted octanol–water partition coefficient (Wildman–Crippen LogP) is 2.43. The van der Waals surface area contributed by atoms with Crippen LogP contribution in [-0.4, -0.2) is 44.2 Å². The topological polar surface area (TPSA) is 73.1 Å². The number of benzene rings is 1. The first-order chi connectivity index (χ1) is 13.2. The van der Waals surface area contributed by atoms with E-state index >= 15 is 0 Å². The molecule has 138 valence electrons. The number of carbonyl (C=O) groups is 1. The lowest BCUT2D eigenvalue weighted by Crippen LogP contribution is -2.43. The van der Waals surface area contributed by atoms with Gasteiger partial charge in [0.05, 0.1) is 25.3 Å². The molecule has 3 aromatic rings. The Morgan fingerprint density at radius 3 is 2.70 bits per heavy atom. The van der Waals surface area contributed by atoms with Crippen molar-refractivity contribution in [1.82, 2.24) is 24.6 Å². The van der Waals surface area contributed by atoms with Crippen molar-refractivity contribution < 1.29 is 9.53 Å². The minimum Gasteiger partial charge on any atom is -0.481 e. The van der Waals surface area contributed by atoms with E-state index in [1.165, 1.54) is 0 Å². The fraction of sp³-hybridized carbons (Fsp3) is 0.300. The van der Waals surface area contributed by atoms with Crippen LogP contribution < -0.4 is 4.74 Å². The van der Waals surface area contributed by atoms with E-state index in [-0.39, 0.29) is 11.9 Å². The summed E-state index contributed by atoms with van der Waals surface area (Å²) in [7, 11) is 1.56. The van der Waals surface area contributed by atoms with E-state index < -0.39 is 0 Å². The highest BCUT2D eigenvalue weighted by atomic mass is 16.5. The van der Waals surface area contributed by atoms with Gasteiger partial charge in [0.2, 0.25) is 5.88 Å². The molecule has 1 atom stereocenters. The molecule has 0 radical (unpaired) electrons. The van der Waals surface area contributed by atoms with Gasteiger partial charge in [0.15, 0.2) is 0 Å². The maximum atomic E-state index is 13.2. The molecule has 0 N–H and O–H groups in total. The van der Waals surface area contributed by atoms with Crippen molar-refractivity contribution in [2.45, 2.75) is 25.9 Å². The molecule has 7 heteroatoms. The Morgan fingerprint density at radius 2 is 2.00 bits per heavy atom. The quantitative estimate of drug-likeness (QED) is 0.712. The Hall–Kier alpha value is -3.22. The Labute approximate surface area is 157 Å². The number of hydrogen-bond donors (Lipinski definition) is 0. The SMILES string of the molecule is COc1ccc(C(=O)N2CCn3nc(C)nc3[C@@H]2Cc2ccccc2)cn1. The molecule has 1 amide bonds. The molecule has 3 heterocycles. The van der Waals surface area contributed by atoms with Gasteiger partial charge < -0.3 is 9.64 Å². The first-order valence-corrected chi connectivity index (χ1v) is 8.92. The molecule has 1 aliphatic rings. The highest BCUT2D eigenvalue weighted by Crippen LogP contribution is 2.29. The zero-order valence-electron chi connectivity index (χ0n) is 15.4. The van der Waals surface area contributed by atoms with E-state index in [0.29, 0.717) is 31.0 Å². The zero-order valence-corrected chi connectivity index (χ0v) is 15.4. The van der Waals surface area contributed by atoms with Gasteiger partial charge in [0, 0.05) is 25.2 Å². The standard InChI is InChI=1S/C20H21N5O2/c1-14-22-19-17(12-15-6-4-3-5-7-15)24(10-11-25(19)23-14)20(26)16-8-9-18(27-2)21-13-16/h3-9,13,17H,10-12H2,1-2H3/t17-/m0/s1. The number of aromatic nitrogens is 4. The highest BCUT2D eigenvalue weighted by molar-refractivity contribution is 5.94. The molecule has 1 aliphatic heterocycles. The van der Waals surface area contributed by atoms with Crippen LogP contribution in [0.15, 0.2) is 48.7 Å². The summed E-state index contributed by atoms with van der Waals surface area (Å²) in [6.07, 6.45) is 2.25. The monoisotopic (exact) mass is 363 g/mol. The molecular weight excluding hydrogens is 342 g/mol. The van der Waals surface area contributed by atoms with Crippen LogP contribution in [-0.2, 0) is 13.0 Å². The number of hydrogen-bond acceptors (Lipinski definition) is 5. The third kappa shape index (κ3) is 3.40. The Balaban J connectivity index is 1.67. The van der Waals surface area contributed by atoms with Gasteiger partial charge in [-0.25, -0.2) is 14.6 Å². The molecule has 0 bridgehead atoms. The molecule has 4 rings (SSSR count). The summed E-state index contributed by atoms with van der Waals surface area (Å²) in [4.78, 5) is 23.9. The highest BCUT2D eigenvalue weighted by Gasteiger charge is 2.34. The number of methoxy groups -OCH3 is 1. The van der Waals surface area contributed by atoms with Gasteiger partial charge in [-0.05, 0) is 18.6 Å². The van der Waals surface area contributed by atoms with Gasteiger partial charge in [-0.15, -0.1) is 0 Å². The predicted molar refractivity (Wildman–Crippen MR) is 99.5 cm³/mol. The maximum absolute atomic E-state index is 13.2.